The van der Waals surface area contributed by atoms with E-state index in [0.29, 0.717) is 17.8 Å². The number of nitrogens with one attached hydrogen (secondary N) is 1. The summed E-state index contributed by atoms with van der Waals surface area (Å²) in [6.45, 7) is 7.64. The van der Waals surface area contributed by atoms with Crippen LogP contribution < -0.4 is 56.7 Å². The number of allylic oxidation sites excluding steroid dienone is 2. The van der Waals surface area contributed by atoms with E-state index in [2.05, 4.69) is 24.4 Å². The molecule has 0 bridgehead atoms. The standard InChI is InChI=1S/C23H31NO4S.K/c1-22(2,3)21(25)24-19-13-17-14(12-20(19)29(26,27)28)7-8-16-15(17)9-11-23(4)10-5-6-18(16)23;/h5,10,12-13,15-16,18H,6-9,11H2,1-4H3,(H,24,25)(H,26,27,28);/q;+1/p-1/t15?,16?,18?,23-;/m0./s1. The average Bonchev–Trinajstić information content (AvgIpc) is 3.01. The number of fused-ring (bicyclic) bond motifs is 5. The Labute approximate surface area is 222 Å². The monoisotopic (exact) mass is 455 g/mol. The van der Waals surface area contributed by atoms with E-state index < -0.39 is 15.5 Å². The molecule has 1 amide bonds. The molecule has 0 heterocycles. The molecular weight excluding hydrogens is 425 g/mol. The second-order valence-electron chi connectivity index (χ2n) is 10.3. The van der Waals surface area contributed by atoms with E-state index in [1.807, 2.05) is 0 Å². The topological polar surface area (TPSA) is 86.3 Å². The predicted molar refractivity (Wildman–Crippen MR) is 112 cm³/mol. The van der Waals surface area contributed by atoms with Gasteiger partial charge in [-0.1, -0.05) is 39.8 Å². The average molecular weight is 456 g/mol. The van der Waals surface area contributed by atoms with Crippen molar-refractivity contribution < 1.29 is 69.1 Å². The van der Waals surface area contributed by atoms with Gasteiger partial charge in [-0.25, -0.2) is 8.42 Å². The van der Waals surface area contributed by atoms with Crippen molar-refractivity contribution in [2.24, 2.45) is 22.7 Å². The molecule has 0 radical (unpaired) electrons. The van der Waals surface area contributed by atoms with Crippen LogP contribution >= 0.6 is 0 Å². The van der Waals surface area contributed by atoms with E-state index in [-0.39, 0.29) is 73.3 Å². The molecular formula is C23H30KNO4S. The van der Waals surface area contributed by atoms with Gasteiger partial charge in [0, 0.05) is 5.41 Å². The Morgan fingerprint density at radius 1 is 1.23 bits per heavy atom. The van der Waals surface area contributed by atoms with Crippen molar-refractivity contribution in [3.05, 3.63) is 35.4 Å². The van der Waals surface area contributed by atoms with Gasteiger partial charge in [-0.05, 0) is 78.5 Å². The number of hydrogen-bond acceptors (Lipinski definition) is 4. The molecule has 4 atom stereocenters. The minimum atomic E-state index is -4.69. The summed E-state index contributed by atoms with van der Waals surface area (Å²) >= 11 is 0. The van der Waals surface area contributed by atoms with Crippen molar-refractivity contribution in [2.75, 3.05) is 5.32 Å². The fourth-order valence-electron chi connectivity index (χ4n) is 5.70. The van der Waals surface area contributed by atoms with E-state index in [9.17, 15) is 17.8 Å². The zero-order valence-corrected chi connectivity index (χ0v) is 22.6. The second kappa shape index (κ2) is 8.39. The first-order valence-electron chi connectivity index (χ1n) is 10.5. The first kappa shape index (κ1) is 24.6. The molecule has 3 unspecified atom stereocenters. The van der Waals surface area contributed by atoms with E-state index in [1.54, 1.807) is 26.8 Å². The van der Waals surface area contributed by atoms with Crippen molar-refractivity contribution in [2.45, 2.75) is 70.6 Å². The van der Waals surface area contributed by atoms with Crippen LogP contribution in [0.4, 0.5) is 5.69 Å². The molecule has 1 fully saturated rings. The van der Waals surface area contributed by atoms with Crippen LogP contribution in [0.5, 0.6) is 0 Å². The summed E-state index contributed by atoms with van der Waals surface area (Å²) in [6, 6.07) is 3.30. The second-order valence-corrected chi connectivity index (χ2v) is 11.7. The van der Waals surface area contributed by atoms with Crippen LogP contribution in [0.25, 0.3) is 0 Å². The van der Waals surface area contributed by atoms with Gasteiger partial charge in [0.1, 0.15) is 10.1 Å². The third-order valence-corrected chi connectivity index (χ3v) is 8.23. The Balaban J connectivity index is 0.00000256. The molecule has 3 aliphatic rings. The maximum absolute atomic E-state index is 12.5. The maximum Gasteiger partial charge on any atom is 1.00 e. The van der Waals surface area contributed by atoms with Gasteiger partial charge in [-0.3, -0.25) is 4.79 Å². The summed E-state index contributed by atoms with van der Waals surface area (Å²) in [5.74, 6) is 1.22. The Bertz CT molecular complexity index is 995. The van der Waals surface area contributed by atoms with Crippen LogP contribution in [0, 0.1) is 22.7 Å². The third-order valence-electron chi connectivity index (χ3n) is 7.35. The van der Waals surface area contributed by atoms with Gasteiger partial charge in [-0.15, -0.1) is 0 Å². The molecule has 0 saturated heterocycles. The smallest absolute Gasteiger partial charge is 0.744 e. The third kappa shape index (κ3) is 4.41. The molecule has 1 aromatic carbocycles. The summed E-state index contributed by atoms with van der Waals surface area (Å²) < 4.78 is 35.8. The summed E-state index contributed by atoms with van der Waals surface area (Å²) in [6.07, 6.45) is 9.75. The zero-order valence-electron chi connectivity index (χ0n) is 18.6. The van der Waals surface area contributed by atoms with Crippen molar-refractivity contribution in [1.29, 1.82) is 0 Å². The normalized spacial score (nSPS) is 30.0. The molecule has 1 N–H and O–H groups in total. The largest absolute Gasteiger partial charge is 1.00 e. The summed E-state index contributed by atoms with van der Waals surface area (Å²) in [5, 5.41) is 2.73. The minimum Gasteiger partial charge on any atom is -0.744 e. The van der Waals surface area contributed by atoms with Crippen molar-refractivity contribution in [1.82, 2.24) is 0 Å². The fourth-order valence-corrected chi connectivity index (χ4v) is 6.36. The number of benzene rings is 1. The van der Waals surface area contributed by atoms with Crippen LogP contribution in [-0.2, 0) is 21.3 Å². The molecule has 4 rings (SSSR count). The number of rotatable bonds is 2. The quantitative estimate of drug-likeness (QED) is 0.417. The van der Waals surface area contributed by atoms with Crippen LogP contribution in [0.3, 0.4) is 0 Å². The summed E-state index contributed by atoms with van der Waals surface area (Å²) in [4.78, 5) is 12.2. The van der Waals surface area contributed by atoms with E-state index >= 15 is 0 Å². The van der Waals surface area contributed by atoms with Gasteiger partial charge < -0.3 is 9.87 Å². The van der Waals surface area contributed by atoms with Gasteiger partial charge in [0.15, 0.2) is 0 Å². The van der Waals surface area contributed by atoms with E-state index in [4.69, 9.17) is 0 Å². The van der Waals surface area contributed by atoms with E-state index in [1.165, 1.54) is 6.07 Å². The molecule has 0 spiro atoms. The zero-order chi connectivity index (χ0) is 21.2. The van der Waals surface area contributed by atoms with E-state index in [0.717, 1.165) is 43.2 Å². The Morgan fingerprint density at radius 2 is 1.93 bits per heavy atom. The maximum atomic E-state index is 12.5. The number of carbonyl (C=O) groups excluding carboxylic acids is 1. The van der Waals surface area contributed by atoms with Crippen molar-refractivity contribution >= 4 is 21.7 Å². The van der Waals surface area contributed by atoms with Gasteiger partial charge in [0.25, 0.3) is 0 Å². The number of carbonyl (C=O) groups is 1. The molecule has 158 valence electrons. The van der Waals surface area contributed by atoms with Gasteiger partial charge in [0.2, 0.25) is 5.91 Å². The van der Waals surface area contributed by atoms with Crippen LogP contribution in [0.1, 0.15) is 70.4 Å². The Hall–Kier alpha value is -0.0236. The number of aryl methyl sites for hydroxylation is 1. The Morgan fingerprint density at radius 3 is 2.57 bits per heavy atom. The predicted octanol–water partition coefficient (Wildman–Crippen LogP) is 1.60. The molecule has 1 aromatic rings. The molecule has 7 heteroatoms. The first-order chi connectivity index (χ1) is 13.4. The summed E-state index contributed by atoms with van der Waals surface area (Å²) in [5.41, 5.74) is 1.78. The van der Waals surface area contributed by atoms with Gasteiger partial charge in [-0.2, -0.15) is 0 Å². The fraction of sp³-hybridized carbons (Fsp3) is 0.609. The molecule has 30 heavy (non-hydrogen) atoms. The molecule has 3 aliphatic carbocycles. The van der Waals surface area contributed by atoms with Crippen molar-refractivity contribution in [3.63, 3.8) is 0 Å². The Kier molecular flexibility index (Phi) is 6.89. The number of hydrogen-bond donors (Lipinski definition) is 1. The molecule has 0 aliphatic heterocycles. The minimum absolute atomic E-state index is 0. The SMILES string of the molecule is CC(C)(C)C(=O)Nc1cc2c(cc1S(=O)(=O)[O-])CCC1C2CC[C@]2(C)C=CCC12.[K+]. The molecule has 0 aromatic heterocycles. The first-order valence-corrected chi connectivity index (χ1v) is 11.9. The number of amides is 1. The molecule has 1 saturated carbocycles. The van der Waals surface area contributed by atoms with Crippen molar-refractivity contribution in [3.8, 4) is 0 Å². The van der Waals surface area contributed by atoms with Gasteiger partial charge in [0.05, 0.1) is 10.6 Å². The number of anilines is 1. The molecule has 5 nitrogen and oxygen atoms in total. The van der Waals surface area contributed by atoms with Crippen LogP contribution in [0.15, 0.2) is 29.2 Å². The van der Waals surface area contributed by atoms with Gasteiger partial charge >= 0.3 is 51.4 Å². The van der Waals surface area contributed by atoms with Crippen LogP contribution in [0.2, 0.25) is 0 Å². The van der Waals surface area contributed by atoms with Crippen LogP contribution in [-0.4, -0.2) is 18.9 Å². The summed E-state index contributed by atoms with van der Waals surface area (Å²) in [7, 11) is -4.69.